The first-order valence-electron chi connectivity index (χ1n) is 16.9. The predicted molar refractivity (Wildman–Crippen MR) is 184 cm³/mol. The molecule has 0 bridgehead atoms. The maximum Gasteiger partial charge on any atom is 0.407 e. The van der Waals surface area contributed by atoms with E-state index < -0.39 is 6.09 Å². The number of imidazole rings is 2. The normalized spacial score (nSPS) is 20.1. The van der Waals surface area contributed by atoms with Crippen LogP contribution in [0.15, 0.2) is 65.9 Å². The molecule has 2 saturated heterocycles. The minimum Gasteiger partial charge on any atom is -0.465 e. The summed E-state index contributed by atoms with van der Waals surface area (Å²) in [4.78, 5) is 51.6. The predicted octanol–water partition coefficient (Wildman–Crippen LogP) is 5.53. The molecular formula is C36H43N9O3. The number of carboxylic acid groups (broad SMARTS) is 1. The number of aliphatic imine (C=N–C) groups is 1. The summed E-state index contributed by atoms with van der Waals surface area (Å²) in [5, 5.41) is 12.9. The van der Waals surface area contributed by atoms with Crippen LogP contribution in [0.2, 0.25) is 0 Å². The molecule has 48 heavy (non-hydrogen) atoms. The standard InChI is InChI=1S/C36H43N9O3/c1-22(2)31(42-35-37-16-19-43(35)3)34(46)44-17-4-6-29(44)32-38-20-27(40-32)25-12-8-23(9-13-25)24-10-14-26(15-11-24)28-21-39-33(41-28)30-7-5-18-45(30)36(47)48/h8-15,20-22,29-31H,4-7,16-19H2,1-3H3,(H,37,42)(H,38,40)(H,39,41)(H,47,48)/t29-,30?,31-/m0/s1. The third kappa shape index (κ3) is 6.14. The summed E-state index contributed by atoms with van der Waals surface area (Å²) in [5.74, 6) is 2.51. The van der Waals surface area contributed by atoms with Gasteiger partial charge in [0, 0.05) is 26.7 Å². The van der Waals surface area contributed by atoms with Gasteiger partial charge in [-0.15, -0.1) is 0 Å². The highest BCUT2D eigenvalue weighted by molar-refractivity contribution is 5.90. The lowest BCUT2D eigenvalue weighted by Crippen LogP contribution is -2.53. The van der Waals surface area contributed by atoms with Crippen LogP contribution < -0.4 is 5.32 Å². The van der Waals surface area contributed by atoms with Crippen molar-refractivity contribution in [2.45, 2.75) is 57.7 Å². The van der Waals surface area contributed by atoms with Crippen LogP contribution in [0, 0.1) is 5.92 Å². The van der Waals surface area contributed by atoms with Crippen molar-refractivity contribution >= 4 is 18.0 Å². The van der Waals surface area contributed by atoms with Gasteiger partial charge in [-0.3, -0.25) is 14.7 Å². The van der Waals surface area contributed by atoms with Crippen LogP contribution in [0.5, 0.6) is 0 Å². The lowest BCUT2D eigenvalue weighted by Gasteiger charge is -2.31. The Morgan fingerprint density at radius 3 is 1.77 bits per heavy atom. The summed E-state index contributed by atoms with van der Waals surface area (Å²) in [5.41, 5.74) is 6.00. The average molecular weight is 650 g/mol. The number of carbonyl (C=O) groups excluding carboxylic acids is 1. The van der Waals surface area contributed by atoms with Crippen LogP contribution in [-0.4, -0.2) is 97.0 Å². The molecule has 0 spiro atoms. The minimum atomic E-state index is -0.904. The molecule has 2 fully saturated rings. The van der Waals surface area contributed by atoms with Crippen LogP contribution >= 0.6 is 0 Å². The van der Waals surface area contributed by atoms with E-state index in [1.807, 2.05) is 18.1 Å². The van der Waals surface area contributed by atoms with Gasteiger partial charge in [0.15, 0.2) is 5.96 Å². The van der Waals surface area contributed by atoms with Gasteiger partial charge in [-0.25, -0.2) is 14.8 Å². The second-order valence-corrected chi connectivity index (χ2v) is 13.3. The quantitative estimate of drug-likeness (QED) is 0.196. The van der Waals surface area contributed by atoms with Crippen molar-refractivity contribution in [3.63, 3.8) is 0 Å². The molecule has 0 radical (unpaired) electrons. The van der Waals surface area contributed by atoms with Crippen molar-refractivity contribution in [3.8, 4) is 33.6 Å². The van der Waals surface area contributed by atoms with E-state index in [2.05, 4.69) is 92.5 Å². The maximum absolute atomic E-state index is 13.8. The van der Waals surface area contributed by atoms with E-state index in [4.69, 9.17) is 4.98 Å². The van der Waals surface area contributed by atoms with E-state index in [1.54, 1.807) is 6.20 Å². The van der Waals surface area contributed by atoms with Gasteiger partial charge >= 0.3 is 6.09 Å². The van der Waals surface area contributed by atoms with Crippen LogP contribution in [0.4, 0.5) is 4.79 Å². The van der Waals surface area contributed by atoms with Crippen LogP contribution in [0.25, 0.3) is 33.6 Å². The second kappa shape index (κ2) is 13.2. The number of amides is 2. The Bertz CT molecular complexity index is 1790. The first kappa shape index (κ1) is 31.5. The summed E-state index contributed by atoms with van der Waals surface area (Å²) >= 11 is 0. The molecule has 4 N–H and O–H groups in total. The van der Waals surface area contributed by atoms with Crippen LogP contribution in [0.1, 0.15) is 63.3 Å². The molecule has 3 aliphatic rings. The van der Waals surface area contributed by atoms with Crippen molar-refractivity contribution in [2.75, 3.05) is 33.2 Å². The Morgan fingerprint density at radius 1 is 0.792 bits per heavy atom. The van der Waals surface area contributed by atoms with Gasteiger partial charge in [0.05, 0.1) is 42.4 Å². The van der Waals surface area contributed by atoms with Crippen LogP contribution in [0.3, 0.4) is 0 Å². The van der Waals surface area contributed by atoms with Gasteiger partial charge < -0.3 is 30.2 Å². The first-order valence-corrected chi connectivity index (χ1v) is 16.9. The molecule has 5 heterocycles. The van der Waals surface area contributed by atoms with E-state index in [0.717, 1.165) is 84.2 Å². The number of nitrogens with one attached hydrogen (secondary N) is 3. The summed E-state index contributed by atoms with van der Waals surface area (Å²) in [6, 6.07) is 16.0. The number of nitrogens with zero attached hydrogens (tertiary/aromatic N) is 6. The van der Waals surface area contributed by atoms with E-state index in [9.17, 15) is 14.7 Å². The third-order valence-electron chi connectivity index (χ3n) is 9.86. The smallest absolute Gasteiger partial charge is 0.407 e. The summed E-state index contributed by atoms with van der Waals surface area (Å²) < 4.78 is 0. The number of likely N-dealkylation sites (N-methyl/N-ethyl adjacent to an activating group) is 1. The monoisotopic (exact) mass is 649 g/mol. The molecule has 250 valence electrons. The minimum absolute atomic E-state index is 0.0874. The molecule has 2 aromatic carbocycles. The zero-order valence-corrected chi connectivity index (χ0v) is 27.7. The molecule has 12 nitrogen and oxygen atoms in total. The number of aromatic amines is 2. The first-order chi connectivity index (χ1) is 23.3. The van der Waals surface area contributed by atoms with Crippen molar-refractivity contribution in [1.82, 2.24) is 40.0 Å². The van der Waals surface area contributed by atoms with E-state index in [1.165, 1.54) is 4.90 Å². The number of hydrogen-bond acceptors (Lipinski definition) is 7. The third-order valence-corrected chi connectivity index (χ3v) is 9.86. The number of aromatic nitrogens is 4. The van der Waals surface area contributed by atoms with Crippen molar-refractivity contribution in [1.29, 1.82) is 0 Å². The fourth-order valence-electron chi connectivity index (χ4n) is 7.10. The fraction of sp³-hybridized carbons (Fsp3) is 0.417. The topological polar surface area (TPSA) is 146 Å². The SMILES string of the molecule is CC(C)[C@H](NC1=NCCN1C)C(=O)N1CCC[C@H]1c1ncc(-c2ccc(-c3ccc(-c4cnc(C5CCCN5C(=O)O)[nH]4)cc3)cc2)[nH]1. The Morgan fingerprint density at radius 2 is 1.29 bits per heavy atom. The molecule has 4 aromatic rings. The number of benzene rings is 2. The number of hydrogen-bond donors (Lipinski definition) is 4. The van der Waals surface area contributed by atoms with E-state index in [0.29, 0.717) is 18.9 Å². The van der Waals surface area contributed by atoms with Gasteiger partial charge in [-0.05, 0) is 53.9 Å². The number of carbonyl (C=O) groups is 2. The zero-order chi connectivity index (χ0) is 33.4. The Kier molecular flexibility index (Phi) is 8.63. The highest BCUT2D eigenvalue weighted by Gasteiger charge is 2.37. The van der Waals surface area contributed by atoms with E-state index in [-0.39, 0.29) is 30.0 Å². The average Bonchev–Trinajstić information content (AvgIpc) is 3.93. The molecular weight excluding hydrogens is 606 g/mol. The number of rotatable bonds is 8. The summed E-state index contributed by atoms with van der Waals surface area (Å²) in [6.07, 6.45) is 6.17. The van der Waals surface area contributed by atoms with Crippen LogP contribution in [-0.2, 0) is 4.79 Å². The Labute approximate surface area is 280 Å². The van der Waals surface area contributed by atoms with Crippen molar-refractivity contribution in [3.05, 3.63) is 72.6 Å². The number of guanidine groups is 1. The summed E-state index contributed by atoms with van der Waals surface area (Å²) in [6.45, 7) is 7.01. The van der Waals surface area contributed by atoms with E-state index >= 15 is 0 Å². The van der Waals surface area contributed by atoms with Crippen molar-refractivity contribution < 1.29 is 14.7 Å². The molecule has 0 saturated carbocycles. The van der Waals surface area contributed by atoms with Gasteiger partial charge in [-0.1, -0.05) is 62.4 Å². The maximum atomic E-state index is 13.8. The molecule has 7 rings (SSSR count). The molecule has 0 aliphatic carbocycles. The molecule has 2 amide bonds. The van der Waals surface area contributed by atoms with Gasteiger partial charge in [-0.2, -0.15) is 0 Å². The zero-order valence-electron chi connectivity index (χ0n) is 27.7. The van der Waals surface area contributed by atoms with Crippen molar-refractivity contribution in [2.24, 2.45) is 10.9 Å². The lowest BCUT2D eigenvalue weighted by atomic mass is 10.0. The fourth-order valence-corrected chi connectivity index (χ4v) is 7.10. The summed E-state index contributed by atoms with van der Waals surface area (Å²) in [7, 11) is 2.00. The molecule has 3 atom stereocenters. The lowest BCUT2D eigenvalue weighted by molar-refractivity contribution is -0.135. The number of H-pyrrole nitrogens is 2. The second-order valence-electron chi connectivity index (χ2n) is 13.3. The Balaban J connectivity index is 1.01. The molecule has 3 aliphatic heterocycles. The highest BCUT2D eigenvalue weighted by atomic mass is 16.4. The highest BCUT2D eigenvalue weighted by Crippen LogP contribution is 2.34. The van der Waals surface area contributed by atoms with Gasteiger partial charge in [0.2, 0.25) is 5.91 Å². The van der Waals surface area contributed by atoms with Gasteiger partial charge in [0.25, 0.3) is 0 Å². The largest absolute Gasteiger partial charge is 0.465 e. The number of likely N-dealkylation sites (tertiary alicyclic amines) is 2. The molecule has 1 unspecified atom stereocenters. The molecule has 12 heteroatoms. The Hall–Kier alpha value is -5.13. The van der Waals surface area contributed by atoms with Gasteiger partial charge in [0.1, 0.15) is 17.7 Å². The molecule has 2 aromatic heterocycles.